The standard InChI is InChI=1S/C16H29N3/c1-6-13-9-7-8-10-14(13)16(17-4)15-11(2)18-19(5)12(15)3/h13-14,16-17H,6-10H2,1-5H3. The largest absolute Gasteiger partial charge is 0.313 e. The summed E-state index contributed by atoms with van der Waals surface area (Å²) in [6, 6.07) is 0.471. The molecule has 1 aliphatic rings. The molecule has 0 spiro atoms. The Morgan fingerprint density at radius 1 is 1.32 bits per heavy atom. The summed E-state index contributed by atoms with van der Waals surface area (Å²) in [4.78, 5) is 0. The summed E-state index contributed by atoms with van der Waals surface area (Å²) in [6.07, 6.45) is 6.87. The molecule has 19 heavy (non-hydrogen) atoms. The SMILES string of the molecule is CCC1CCCCC1C(NC)c1c(C)nn(C)c1C. The van der Waals surface area contributed by atoms with Crippen LogP contribution in [0.15, 0.2) is 0 Å². The number of hydrogen-bond donors (Lipinski definition) is 1. The van der Waals surface area contributed by atoms with E-state index in [0.29, 0.717) is 6.04 Å². The Morgan fingerprint density at radius 3 is 2.53 bits per heavy atom. The molecule has 3 atom stereocenters. The van der Waals surface area contributed by atoms with Gasteiger partial charge in [0.2, 0.25) is 0 Å². The second-order valence-electron chi connectivity index (χ2n) is 6.09. The van der Waals surface area contributed by atoms with E-state index in [2.05, 4.69) is 45.3 Å². The highest BCUT2D eigenvalue weighted by molar-refractivity contribution is 5.29. The third-order valence-corrected chi connectivity index (χ3v) is 5.11. The van der Waals surface area contributed by atoms with Gasteiger partial charge in [0.05, 0.1) is 5.69 Å². The van der Waals surface area contributed by atoms with Gasteiger partial charge in [-0.15, -0.1) is 0 Å². The van der Waals surface area contributed by atoms with E-state index in [4.69, 9.17) is 0 Å². The molecule has 1 aliphatic carbocycles. The zero-order valence-corrected chi connectivity index (χ0v) is 13.2. The monoisotopic (exact) mass is 263 g/mol. The van der Waals surface area contributed by atoms with E-state index < -0.39 is 0 Å². The Balaban J connectivity index is 2.32. The molecule has 0 saturated heterocycles. The van der Waals surface area contributed by atoms with Crippen LogP contribution in [0.4, 0.5) is 0 Å². The number of hydrogen-bond acceptors (Lipinski definition) is 2. The third kappa shape index (κ3) is 2.71. The lowest BCUT2D eigenvalue weighted by molar-refractivity contribution is 0.180. The van der Waals surface area contributed by atoms with E-state index in [0.717, 1.165) is 11.8 Å². The predicted molar refractivity (Wildman–Crippen MR) is 80.2 cm³/mol. The Labute approximate surface area is 117 Å². The fourth-order valence-electron chi connectivity index (χ4n) is 3.99. The van der Waals surface area contributed by atoms with Crippen LogP contribution in [-0.2, 0) is 7.05 Å². The summed E-state index contributed by atoms with van der Waals surface area (Å²) in [6.45, 7) is 6.69. The molecule has 1 aromatic heterocycles. The maximum absolute atomic E-state index is 4.60. The van der Waals surface area contributed by atoms with Gasteiger partial charge in [-0.2, -0.15) is 5.10 Å². The van der Waals surface area contributed by atoms with Crippen molar-refractivity contribution in [1.29, 1.82) is 0 Å². The van der Waals surface area contributed by atoms with Crippen molar-refractivity contribution in [3.05, 3.63) is 17.0 Å². The molecule has 3 heteroatoms. The molecule has 0 amide bonds. The van der Waals surface area contributed by atoms with Crippen molar-refractivity contribution in [2.75, 3.05) is 7.05 Å². The van der Waals surface area contributed by atoms with Gasteiger partial charge in [0.15, 0.2) is 0 Å². The molecule has 0 radical (unpaired) electrons. The summed E-state index contributed by atoms with van der Waals surface area (Å²) in [5, 5.41) is 8.20. The molecule has 1 heterocycles. The van der Waals surface area contributed by atoms with Crippen molar-refractivity contribution < 1.29 is 0 Å². The van der Waals surface area contributed by atoms with E-state index in [1.54, 1.807) is 0 Å². The molecular formula is C16H29N3. The van der Waals surface area contributed by atoms with Crippen LogP contribution < -0.4 is 5.32 Å². The number of nitrogens with one attached hydrogen (secondary N) is 1. The van der Waals surface area contributed by atoms with E-state index in [1.165, 1.54) is 49.1 Å². The Hall–Kier alpha value is -0.830. The molecule has 0 bridgehead atoms. The number of aromatic nitrogens is 2. The maximum atomic E-state index is 4.60. The van der Waals surface area contributed by atoms with Crippen molar-refractivity contribution >= 4 is 0 Å². The summed E-state index contributed by atoms with van der Waals surface area (Å²) >= 11 is 0. The summed E-state index contributed by atoms with van der Waals surface area (Å²) in [5.41, 5.74) is 3.95. The second kappa shape index (κ2) is 6.08. The smallest absolute Gasteiger partial charge is 0.0644 e. The summed E-state index contributed by atoms with van der Waals surface area (Å²) in [7, 11) is 4.16. The molecule has 2 rings (SSSR count). The molecule has 0 aromatic carbocycles. The highest BCUT2D eigenvalue weighted by atomic mass is 15.3. The zero-order valence-electron chi connectivity index (χ0n) is 13.2. The van der Waals surface area contributed by atoms with Gasteiger partial charge in [-0.05, 0) is 39.2 Å². The fraction of sp³-hybridized carbons (Fsp3) is 0.812. The molecule has 1 N–H and O–H groups in total. The fourth-order valence-corrected chi connectivity index (χ4v) is 3.99. The normalized spacial score (nSPS) is 25.5. The van der Waals surface area contributed by atoms with Crippen LogP contribution in [0, 0.1) is 25.7 Å². The highest BCUT2D eigenvalue weighted by Crippen LogP contribution is 2.41. The van der Waals surface area contributed by atoms with Gasteiger partial charge < -0.3 is 5.32 Å². The Morgan fingerprint density at radius 2 is 2.00 bits per heavy atom. The minimum atomic E-state index is 0.471. The average Bonchev–Trinajstić information content (AvgIpc) is 2.67. The van der Waals surface area contributed by atoms with Crippen LogP contribution in [0.25, 0.3) is 0 Å². The number of aryl methyl sites for hydroxylation is 2. The Kier molecular flexibility index (Phi) is 4.67. The lowest BCUT2D eigenvalue weighted by atomic mass is 9.72. The van der Waals surface area contributed by atoms with Crippen molar-refractivity contribution in [2.24, 2.45) is 18.9 Å². The van der Waals surface area contributed by atoms with Gasteiger partial charge >= 0.3 is 0 Å². The maximum Gasteiger partial charge on any atom is 0.0644 e. The number of rotatable bonds is 4. The zero-order chi connectivity index (χ0) is 14.0. The van der Waals surface area contributed by atoms with Crippen LogP contribution >= 0.6 is 0 Å². The molecule has 1 fully saturated rings. The van der Waals surface area contributed by atoms with Crippen molar-refractivity contribution in [3.8, 4) is 0 Å². The first-order valence-corrected chi connectivity index (χ1v) is 7.77. The van der Waals surface area contributed by atoms with Gasteiger partial charge in [-0.3, -0.25) is 4.68 Å². The molecular weight excluding hydrogens is 234 g/mol. The first kappa shape index (κ1) is 14.6. The van der Waals surface area contributed by atoms with Crippen molar-refractivity contribution in [3.63, 3.8) is 0 Å². The molecule has 108 valence electrons. The second-order valence-corrected chi connectivity index (χ2v) is 6.09. The molecule has 1 aromatic rings. The van der Waals surface area contributed by atoms with Gasteiger partial charge in [-0.25, -0.2) is 0 Å². The van der Waals surface area contributed by atoms with Crippen LogP contribution in [-0.4, -0.2) is 16.8 Å². The molecule has 3 nitrogen and oxygen atoms in total. The molecule has 1 saturated carbocycles. The van der Waals surface area contributed by atoms with E-state index >= 15 is 0 Å². The van der Waals surface area contributed by atoms with E-state index in [9.17, 15) is 0 Å². The van der Waals surface area contributed by atoms with Crippen LogP contribution in [0.5, 0.6) is 0 Å². The van der Waals surface area contributed by atoms with Crippen LogP contribution in [0.1, 0.15) is 62.0 Å². The summed E-state index contributed by atoms with van der Waals surface area (Å²) < 4.78 is 2.03. The van der Waals surface area contributed by atoms with Gasteiger partial charge in [-0.1, -0.05) is 32.6 Å². The van der Waals surface area contributed by atoms with Crippen molar-refractivity contribution in [1.82, 2.24) is 15.1 Å². The van der Waals surface area contributed by atoms with Crippen LogP contribution in [0.3, 0.4) is 0 Å². The first-order valence-electron chi connectivity index (χ1n) is 7.77. The van der Waals surface area contributed by atoms with Gasteiger partial charge in [0, 0.05) is 24.3 Å². The molecule has 3 unspecified atom stereocenters. The van der Waals surface area contributed by atoms with E-state index in [-0.39, 0.29) is 0 Å². The predicted octanol–water partition coefficient (Wildman–Crippen LogP) is 3.51. The topological polar surface area (TPSA) is 29.9 Å². The minimum absolute atomic E-state index is 0.471. The van der Waals surface area contributed by atoms with E-state index in [1.807, 2.05) is 4.68 Å². The highest BCUT2D eigenvalue weighted by Gasteiger charge is 2.33. The lowest BCUT2D eigenvalue weighted by Crippen LogP contribution is -2.33. The molecule has 0 aliphatic heterocycles. The van der Waals surface area contributed by atoms with Crippen molar-refractivity contribution in [2.45, 2.75) is 58.9 Å². The van der Waals surface area contributed by atoms with Gasteiger partial charge in [0.25, 0.3) is 0 Å². The Bertz CT molecular complexity index is 422. The first-order chi connectivity index (χ1) is 9.10. The third-order valence-electron chi connectivity index (χ3n) is 5.11. The van der Waals surface area contributed by atoms with Gasteiger partial charge in [0.1, 0.15) is 0 Å². The quantitative estimate of drug-likeness (QED) is 0.901. The average molecular weight is 263 g/mol. The summed E-state index contributed by atoms with van der Waals surface area (Å²) in [5.74, 6) is 1.63. The lowest BCUT2D eigenvalue weighted by Gasteiger charge is -2.37. The number of nitrogens with zero attached hydrogens (tertiary/aromatic N) is 2. The van der Waals surface area contributed by atoms with Crippen LogP contribution in [0.2, 0.25) is 0 Å². The minimum Gasteiger partial charge on any atom is -0.313 e.